The number of ketones is 1. The second kappa shape index (κ2) is 11.1. The van der Waals surface area contributed by atoms with E-state index in [1.807, 2.05) is 0 Å². The summed E-state index contributed by atoms with van der Waals surface area (Å²) in [5.41, 5.74) is -2.48. The fraction of sp³-hybridized carbons (Fsp3) is 0.321. The number of halogens is 2. The van der Waals surface area contributed by atoms with Crippen LogP contribution in [0.3, 0.4) is 0 Å². The van der Waals surface area contributed by atoms with Crippen LogP contribution in [0.2, 0.25) is 10.0 Å². The summed E-state index contributed by atoms with van der Waals surface area (Å²) in [6, 6.07) is 12.8. The van der Waals surface area contributed by atoms with E-state index in [9.17, 15) is 14.4 Å². The largest absolute Gasteiger partial charge is 0.466 e. The zero-order chi connectivity index (χ0) is 29.5. The summed E-state index contributed by atoms with van der Waals surface area (Å²) >= 11 is 12.3. The standard InChI is InChI=1S/C28H26Cl2O10/c1-34-24(32)21-22(25(33)35-2)28(38-5,39-6)40-26(21)20(16-9-13-18(30)14-10-16)19(15-7-11-17(29)12-8-15)23(31)27(26,36-3)37-4/h7-14H,1-6H3. The fourth-order valence-corrected chi connectivity index (χ4v) is 5.53. The summed E-state index contributed by atoms with van der Waals surface area (Å²) in [6.07, 6.45) is 0. The Morgan fingerprint density at radius 2 is 1.12 bits per heavy atom. The molecule has 1 unspecified atom stereocenters. The predicted octanol–water partition coefficient (Wildman–Crippen LogP) is 3.83. The van der Waals surface area contributed by atoms with Crippen LogP contribution in [0.15, 0.2) is 59.7 Å². The zero-order valence-corrected chi connectivity index (χ0v) is 24.0. The van der Waals surface area contributed by atoms with Gasteiger partial charge in [-0.15, -0.1) is 0 Å². The van der Waals surface area contributed by atoms with Crippen molar-refractivity contribution < 1.29 is 47.5 Å². The quantitative estimate of drug-likeness (QED) is 0.330. The Balaban J connectivity index is 2.31. The normalized spacial score (nSPS) is 21.4. The molecule has 2 aromatic carbocycles. The highest BCUT2D eigenvalue weighted by molar-refractivity contribution is 6.38. The molecule has 2 aliphatic rings. The Bertz CT molecular complexity index is 1400. The van der Waals surface area contributed by atoms with Crippen LogP contribution in [0, 0.1) is 0 Å². The summed E-state index contributed by atoms with van der Waals surface area (Å²) < 4.78 is 39.4. The molecule has 1 heterocycles. The zero-order valence-electron chi connectivity index (χ0n) is 22.5. The van der Waals surface area contributed by atoms with E-state index in [2.05, 4.69) is 0 Å². The molecule has 0 N–H and O–H groups in total. The van der Waals surface area contributed by atoms with Gasteiger partial charge in [-0.1, -0.05) is 47.5 Å². The molecule has 1 atom stereocenters. The molecule has 4 rings (SSSR count). The van der Waals surface area contributed by atoms with Gasteiger partial charge in [0, 0.05) is 49.6 Å². The van der Waals surface area contributed by atoms with Gasteiger partial charge in [-0.3, -0.25) is 4.79 Å². The molecule has 0 bridgehead atoms. The number of carbonyl (C=O) groups excluding carboxylic acids is 3. The van der Waals surface area contributed by atoms with Gasteiger partial charge in [-0.25, -0.2) is 9.59 Å². The monoisotopic (exact) mass is 592 g/mol. The van der Waals surface area contributed by atoms with Crippen LogP contribution in [0.1, 0.15) is 11.1 Å². The van der Waals surface area contributed by atoms with E-state index in [4.69, 9.17) is 56.4 Å². The van der Waals surface area contributed by atoms with E-state index in [-0.39, 0.29) is 11.1 Å². The molecule has 0 saturated heterocycles. The third-order valence-electron chi connectivity index (χ3n) is 6.94. The van der Waals surface area contributed by atoms with Crippen LogP contribution in [0.4, 0.5) is 0 Å². The lowest BCUT2D eigenvalue weighted by molar-refractivity contribution is -0.377. The van der Waals surface area contributed by atoms with Crippen molar-refractivity contribution in [2.45, 2.75) is 17.4 Å². The molecule has 40 heavy (non-hydrogen) atoms. The number of rotatable bonds is 8. The number of esters is 2. The van der Waals surface area contributed by atoms with Crippen molar-refractivity contribution in [2.75, 3.05) is 42.7 Å². The van der Waals surface area contributed by atoms with Crippen LogP contribution < -0.4 is 0 Å². The third kappa shape index (κ3) is 4.02. The van der Waals surface area contributed by atoms with Gasteiger partial charge >= 0.3 is 17.9 Å². The highest BCUT2D eigenvalue weighted by Gasteiger charge is 2.78. The Labute approximate surface area is 240 Å². The minimum atomic E-state index is -2.40. The number of carbonyl (C=O) groups is 3. The Kier molecular flexibility index (Phi) is 8.26. The first kappa shape index (κ1) is 29.9. The second-order valence-corrected chi connectivity index (χ2v) is 9.47. The summed E-state index contributed by atoms with van der Waals surface area (Å²) in [7, 11) is 6.96. The molecule has 12 heteroatoms. The third-order valence-corrected chi connectivity index (χ3v) is 7.45. The lowest BCUT2D eigenvalue weighted by atomic mass is 9.78. The van der Waals surface area contributed by atoms with E-state index >= 15 is 0 Å². The molecule has 10 nitrogen and oxygen atoms in total. The molecule has 212 valence electrons. The van der Waals surface area contributed by atoms with Crippen molar-refractivity contribution >= 4 is 52.1 Å². The Hall–Kier alpha value is -3.09. The van der Waals surface area contributed by atoms with Gasteiger partial charge in [0.25, 0.3) is 5.79 Å². The highest BCUT2D eigenvalue weighted by Crippen LogP contribution is 2.63. The van der Waals surface area contributed by atoms with Gasteiger partial charge in [0.1, 0.15) is 5.57 Å². The van der Waals surface area contributed by atoms with Crippen molar-refractivity contribution in [2.24, 2.45) is 0 Å². The van der Waals surface area contributed by atoms with E-state index in [0.717, 1.165) is 14.2 Å². The minimum absolute atomic E-state index is 0.0383. The summed E-state index contributed by atoms with van der Waals surface area (Å²) in [4.78, 5) is 41.6. The van der Waals surface area contributed by atoms with Crippen LogP contribution in [0.5, 0.6) is 0 Å². The van der Waals surface area contributed by atoms with Gasteiger partial charge in [-0.2, -0.15) is 0 Å². The van der Waals surface area contributed by atoms with Crippen LogP contribution in [-0.2, 0) is 47.5 Å². The minimum Gasteiger partial charge on any atom is -0.466 e. The molecule has 0 fully saturated rings. The first-order valence-electron chi connectivity index (χ1n) is 11.7. The van der Waals surface area contributed by atoms with Crippen molar-refractivity contribution in [1.82, 2.24) is 0 Å². The lowest BCUT2D eigenvalue weighted by Gasteiger charge is -2.43. The molecule has 1 aliphatic heterocycles. The molecule has 1 aliphatic carbocycles. The van der Waals surface area contributed by atoms with E-state index in [1.54, 1.807) is 48.5 Å². The SMILES string of the molecule is COC(=O)C1=C(C(=O)OC)C2(OC1(OC)OC)C(c1ccc(Cl)cc1)=C(c1ccc(Cl)cc1)C(=O)C2(OC)OC. The van der Waals surface area contributed by atoms with Gasteiger partial charge in [-0.05, 0) is 35.4 Å². The van der Waals surface area contributed by atoms with Crippen molar-refractivity contribution in [1.29, 1.82) is 0 Å². The number of hydrogen-bond acceptors (Lipinski definition) is 10. The first-order valence-corrected chi connectivity index (χ1v) is 12.5. The molecule has 0 saturated carbocycles. The topological polar surface area (TPSA) is 116 Å². The molecule has 0 radical (unpaired) electrons. The maximum absolute atomic E-state index is 14.6. The summed E-state index contributed by atoms with van der Waals surface area (Å²) in [5.74, 6) is -7.62. The van der Waals surface area contributed by atoms with Gasteiger partial charge < -0.3 is 33.2 Å². The molecule has 0 amide bonds. The second-order valence-electron chi connectivity index (χ2n) is 8.60. The van der Waals surface area contributed by atoms with Crippen molar-refractivity contribution in [3.63, 3.8) is 0 Å². The van der Waals surface area contributed by atoms with Crippen LogP contribution >= 0.6 is 23.2 Å². The molecule has 2 aromatic rings. The number of Topliss-reactive ketones (excluding diaryl/α,β-unsaturated/α-hetero) is 1. The van der Waals surface area contributed by atoms with Crippen molar-refractivity contribution in [3.05, 3.63) is 80.8 Å². The van der Waals surface area contributed by atoms with Crippen LogP contribution in [0.25, 0.3) is 11.1 Å². The average Bonchev–Trinajstić information content (AvgIpc) is 3.40. The molecule has 0 aromatic heterocycles. The van der Waals surface area contributed by atoms with Gasteiger partial charge in [0.05, 0.1) is 19.8 Å². The molecular weight excluding hydrogens is 567 g/mol. The van der Waals surface area contributed by atoms with E-state index in [1.165, 1.54) is 28.4 Å². The number of hydrogen-bond donors (Lipinski definition) is 0. The summed E-state index contributed by atoms with van der Waals surface area (Å²) in [6.45, 7) is 0. The van der Waals surface area contributed by atoms with Gasteiger partial charge in [0.2, 0.25) is 5.78 Å². The number of ether oxygens (including phenoxy) is 7. The van der Waals surface area contributed by atoms with Crippen LogP contribution in [-0.4, -0.2) is 77.7 Å². The fourth-order valence-electron chi connectivity index (χ4n) is 5.28. The van der Waals surface area contributed by atoms with E-state index < -0.39 is 46.2 Å². The van der Waals surface area contributed by atoms with Crippen molar-refractivity contribution in [3.8, 4) is 0 Å². The smallest absolute Gasteiger partial charge is 0.342 e. The van der Waals surface area contributed by atoms with E-state index in [0.29, 0.717) is 21.2 Å². The number of methoxy groups -OCH3 is 6. The highest BCUT2D eigenvalue weighted by atomic mass is 35.5. The van der Waals surface area contributed by atoms with Gasteiger partial charge in [0.15, 0.2) is 5.60 Å². The Morgan fingerprint density at radius 3 is 1.55 bits per heavy atom. The average molecular weight is 593 g/mol. The summed E-state index contributed by atoms with van der Waals surface area (Å²) in [5, 5.41) is 0.815. The first-order chi connectivity index (χ1) is 19.1. The molecule has 1 spiro atoms. The lowest BCUT2D eigenvalue weighted by Crippen LogP contribution is -2.62. The number of benzene rings is 2. The maximum Gasteiger partial charge on any atom is 0.342 e. The Morgan fingerprint density at radius 1 is 0.675 bits per heavy atom. The molecular formula is C28H26Cl2O10. The maximum atomic E-state index is 14.6. The predicted molar refractivity (Wildman–Crippen MR) is 143 cm³/mol.